The van der Waals surface area contributed by atoms with E-state index < -0.39 is 11.5 Å². The largest absolute Gasteiger partial charge is 0.481 e. The fourth-order valence-corrected chi connectivity index (χ4v) is 2.89. The van der Waals surface area contributed by atoms with Crippen molar-refractivity contribution in [3.63, 3.8) is 0 Å². The number of hydrogen-bond donors (Lipinski definition) is 6. The summed E-state index contributed by atoms with van der Waals surface area (Å²) in [6.07, 6.45) is 9.03. The smallest absolute Gasteiger partial charge is 0.303 e. The van der Waals surface area contributed by atoms with Crippen LogP contribution in [0.15, 0.2) is 57.5 Å². The molecule has 1 aromatic heterocycles. The van der Waals surface area contributed by atoms with Gasteiger partial charge in [0, 0.05) is 36.5 Å². The fraction of sp³-hybridized carbons (Fsp3) is 0.318. The summed E-state index contributed by atoms with van der Waals surface area (Å²) in [5, 5.41) is 14.8. The number of nitrogens with two attached hydrogens (primary N) is 2. The molecule has 0 spiro atoms. The van der Waals surface area contributed by atoms with E-state index in [2.05, 4.69) is 32.2 Å². The molecule has 0 saturated carbocycles. The molecule has 1 aromatic rings. The van der Waals surface area contributed by atoms with Crippen LogP contribution in [0.5, 0.6) is 0 Å². The molecule has 0 aromatic carbocycles. The maximum Gasteiger partial charge on any atom is 0.303 e. The number of amides is 1. The van der Waals surface area contributed by atoms with Crippen molar-refractivity contribution in [3.05, 3.63) is 58.1 Å². The van der Waals surface area contributed by atoms with E-state index in [1.807, 2.05) is 19.1 Å². The molecule has 11 heteroatoms. The Labute approximate surface area is 191 Å². The van der Waals surface area contributed by atoms with Gasteiger partial charge in [0.25, 0.3) is 11.5 Å². The monoisotopic (exact) mass is 455 g/mol. The highest BCUT2D eigenvalue weighted by atomic mass is 16.4. The van der Waals surface area contributed by atoms with Crippen molar-refractivity contribution in [1.82, 2.24) is 20.6 Å². The molecule has 11 nitrogen and oxygen atoms in total. The Balaban J connectivity index is 1.94. The van der Waals surface area contributed by atoms with E-state index in [1.54, 1.807) is 19.1 Å². The Hall–Kier alpha value is -4.15. The van der Waals surface area contributed by atoms with Crippen molar-refractivity contribution in [2.75, 3.05) is 18.0 Å². The lowest BCUT2D eigenvalue weighted by molar-refractivity contribution is -0.137. The highest BCUT2D eigenvalue weighted by molar-refractivity contribution is 5.96. The molecule has 1 amide bonds. The van der Waals surface area contributed by atoms with Crippen LogP contribution in [0.2, 0.25) is 0 Å². The zero-order valence-corrected chi connectivity index (χ0v) is 18.6. The van der Waals surface area contributed by atoms with E-state index in [0.29, 0.717) is 24.1 Å². The number of carboxylic acids is 1. The normalized spacial score (nSPS) is 16.5. The summed E-state index contributed by atoms with van der Waals surface area (Å²) in [7, 11) is 0. The summed E-state index contributed by atoms with van der Waals surface area (Å²) in [4.78, 5) is 45.1. The average Bonchev–Trinajstić information content (AvgIpc) is 2.93. The van der Waals surface area contributed by atoms with Crippen LogP contribution in [-0.2, 0) is 9.59 Å². The summed E-state index contributed by atoms with van der Waals surface area (Å²) in [5.74, 6) is -1.26. The van der Waals surface area contributed by atoms with Crippen molar-refractivity contribution < 1.29 is 14.7 Å². The van der Waals surface area contributed by atoms with Gasteiger partial charge >= 0.3 is 5.97 Å². The number of nitrogen functional groups attached to an aromatic ring is 2. The van der Waals surface area contributed by atoms with Crippen LogP contribution in [0, 0.1) is 5.92 Å². The van der Waals surface area contributed by atoms with E-state index in [9.17, 15) is 14.4 Å². The van der Waals surface area contributed by atoms with Crippen molar-refractivity contribution in [3.8, 4) is 0 Å². The van der Waals surface area contributed by atoms with Crippen molar-refractivity contribution >= 4 is 35.5 Å². The Bertz CT molecular complexity index is 1100. The minimum Gasteiger partial charge on any atom is -0.481 e. The standard InChI is InChI=1S/C22H29N7O4/c1-12-8-15(20(32)27-14(3)4-7-17(30)31)5-6-16(9-12)25-10-13(2)11-26-19-18(23)21(33)29-22(24)28-19/h5-6,8-9,11-12,14,25H,2,4,7,10,23H2,1,3H3,(H,27,32)(H,30,31)(H3,24,28,29,33)/t12-,14+/m0/s1. The third kappa shape index (κ3) is 8.13. The van der Waals surface area contributed by atoms with Gasteiger partial charge in [-0.2, -0.15) is 4.98 Å². The molecule has 0 fully saturated rings. The number of allylic oxidation sites excluding steroid dienone is 3. The summed E-state index contributed by atoms with van der Waals surface area (Å²) < 4.78 is 0. The lowest BCUT2D eigenvalue weighted by Crippen LogP contribution is -2.33. The van der Waals surface area contributed by atoms with Crippen LogP contribution in [0.25, 0.3) is 0 Å². The zero-order valence-electron chi connectivity index (χ0n) is 18.6. The summed E-state index contributed by atoms with van der Waals surface area (Å²) in [6, 6.07) is -0.256. The van der Waals surface area contributed by atoms with Gasteiger partial charge in [0.05, 0.1) is 0 Å². The van der Waals surface area contributed by atoms with Crippen LogP contribution < -0.4 is 27.7 Å². The van der Waals surface area contributed by atoms with Gasteiger partial charge in [0.1, 0.15) is 5.69 Å². The van der Waals surface area contributed by atoms with Crippen molar-refractivity contribution in [1.29, 1.82) is 0 Å². The minimum absolute atomic E-state index is 0.00758. The summed E-state index contributed by atoms with van der Waals surface area (Å²) >= 11 is 0. The summed E-state index contributed by atoms with van der Waals surface area (Å²) in [5.41, 5.74) is 12.3. The number of carbonyl (C=O) groups is 2. The third-order valence-electron chi connectivity index (χ3n) is 4.60. The Morgan fingerprint density at radius 1 is 1.36 bits per heavy atom. The van der Waals surface area contributed by atoms with Gasteiger partial charge in [0.2, 0.25) is 5.95 Å². The predicted octanol–water partition coefficient (Wildman–Crippen LogP) is 1.17. The van der Waals surface area contributed by atoms with Gasteiger partial charge in [-0.3, -0.25) is 19.4 Å². The van der Waals surface area contributed by atoms with Crippen LogP contribution >= 0.6 is 0 Å². The topological polar surface area (TPSA) is 189 Å². The number of nitrogens with one attached hydrogen (secondary N) is 3. The van der Waals surface area contributed by atoms with Crippen LogP contribution in [0.1, 0.15) is 26.7 Å². The van der Waals surface area contributed by atoms with Gasteiger partial charge in [-0.15, -0.1) is 0 Å². The van der Waals surface area contributed by atoms with E-state index in [-0.39, 0.29) is 41.7 Å². The lowest BCUT2D eigenvalue weighted by atomic mass is 10.1. The highest BCUT2D eigenvalue weighted by Gasteiger charge is 2.14. The number of aliphatic carboxylic acids is 1. The first-order valence-corrected chi connectivity index (χ1v) is 10.3. The first kappa shape index (κ1) is 25.1. The number of nitrogens with zero attached hydrogens (tertiary/aromatic N) is 2. The van der Waals surface area contributed by atoms with E-state index in [4.69, 9.17) is 16.6 Å². The number of H-pyrrole nitrogens is 1. The quantitative estimate of drug-likeness (QED) is 0.283. The van der Waals surface area contributed by atoms with Gasteiger partial charge in [-0.05, 0) is 37.0 Å². The number of carboxylic acid groups (broad SMARTS) is 1. The molecule has 33 heavy (non-hydrogen) atoms. The number of aromatic amines is 1. The van der Waals surface area contributed by atoms with Gasteiger partial charge in [-0.1, -0.05) is 25.7 Å². The summed E-state index contributed by atoms with van der Waals surface area (Å²) in [6.45, 7) is 7.97. The second kappa shape index (κ2) is 11.5. The Morgan fingerprint density at radius 3 is 2.79 bits per heavy atom. The highest BCUT2D eigenvalue weighted by Crippen LogP contribution is 2.16. The predicted molar refractivity (Wildman–Crippen MR) is 128 cm³/mol. The lowest BCUT2D eigenvalue weighted by Gasteiger charge is -2.13. The van der Waals surface area contributed by atoms with Crippen LogP contribution in [0.4, 0.5) is 17.5 Å². The van der Waals surface area contributed by atoms with Crippen LogP contribution in [0.3, 0.4) is 0 Å². The number of hydrogen-bond acceptors (Lipinski definition) is 8. The molecule has 0 bridgehead atoms. The molecule has 1 aliphatic carbocycles. The third-order valence-corrected chi connectivity index (χ3v) is 4.60. The molecular formula is C22H29N7O4. The molecule has 8 N–H and O–H groups in total. The van der Waals surface area contributed by atoms with Gasteiger partial charge in [0.15, 0.2) is 5.82 Å². The molecule has 0 radical (unpaired) electrons. The van der Waals surface area contributed by atoms with Crippen molar-refractivity contribution in [2.45, 2.75) is 32.7 Å². The Kier molecular flexibility index (Phi) is 8.72. The minimum atomic E-state index is -0.897. The molecule has 1 heterocycles. The number of aliphatic imine (C=N–C) groups is 1. The number of carbonyl (C=O) groups excluding carboxylic acids is 1. The van der Waals surface area contributed by atoms with Gasteiger partial charge < -0.3 is 27.2 Å². The molecule has 2 rings (SSSR count). The number of rotatable bonds is 10. The average molecular weight is 456 g/mol. The molecule has 2 atom stereocenters. The zero-order chi connectivity index (χ0) is 24.5. The molecular weight excluding hydrogens is 426 g/mol. The first-order chi connectivity index (χ1) is 15.5. The second-order valence-corrected chi connectivity index (χ2v) is 7.70. The van der Waals surface area contributed by atoms with Gasteiger partial charge in [-0.25, -0.2) is 4.99 Å². The molecule has 0 unspecified atom stereocenters. The van der Waals surface area contributed by atoms with E-state index in [0.717, 1.165) is 5.70 Å². The molecule has 0 aliphatic heterocycles. The molecule has 1 aliphatic rings. The maximum absolute atomic E-state index is 12.5. The van der Waals surface area contributed by atoms with Crippen molar-refractivity contribution in [2.24, 2.45) is 10.9 Å². The van der Waals surface area contributed by atoms with E-state index in [1.165, 1.54) is 6.21 Å². The fourth-order valence-electron chi connectivity index (χ4n) is 2.89. The number of anilines is 2. The van der Waals surface area contributed by atoms with Crippen LogP contribution in [-0.4, -0.2) is 45.8 Å². The molecule has 0 saturated heterocycles. The Morgan fingerprint density at radius 2 is 2.09 bits per heavy atom. The second-order valence-electron chi connectivity index (χ2n) is 7.70. The SMILES string of the molecule is C=C(C=Nc1nc(N)[nH]c(=O)c1N)CNC1=C[C@@H](C)C=C(C(=O)N[C@H](C)CCC(=O)O)C=C1. The maximum atomic E-state index is 12.5. The first-order valence-electron chi connectivity index (χ1n) is 10.3. The molecule has 176 valence electrons. The number of aromatic nitrogens is 2. The van der Waals surface area contributed by atoms with E-state index >= 15 is 0 Å².